The molecule has 1 amide bonds. The zero-order valence-corrected chi connectivity index (χ0v) is 15.7. The number of aryl methyl sites for hydroxylation is 3. The van der Waals surface area contributed by atoms with Crippen LogP contribution in [0.15, 0.2) is 42.5 Å². The van der Waals surface area contributed by atoms with Crippen LogP contribution in [-0.2, 0) is 0 Å². The molecule has 0 radical (unpaired) electrons. The number of H-pyrrole nitrogens is 1. The number of hydrogen-bond donors (Lipinski definition) is 1. The molecule has 0 spiro atoms. The van der Waals surface area contributed by atoms with Crippen LogP contribution in [0.5, 0.6) is 0 Å². The van der Waals surface area contributed by atoms with E-state index in [0.717, 1.165) is 48.3 Å². The first-order valence-corrected chi connectivity index (χ1v) is 9.23. The number of nitrogens with one attached hydrogen (secondary N) is 1. The van der Waals surface area contributed by atoms with Crippen molar-refractivity contribution in [2.75, 3.05) is 31.1 Å². The van der Waals surface area contributed by atoms with Crippen LogP contribution >= 0.6 is 0 Å². The predicted octanol–water partition coefficient (Wildman–Crippen LogP) is 4.06. The van der Waals surface area contributed by atoms with Crippen molar-refractivity contribution in [1.29, 1.82) is 0 Å². The summed E-state index contributed by atoms with van der Waals surface area (Å²) in [6.45, 7) is 9.56. The van der Waals surface area contributed by atoms with E-state index in [1.54, 1.807) is 0 Å². The lowest BCUT2D eigenvalue weighted by Gasteiger charge is -2.36. The van der Waals surface area contributed by atoms with Gasteiger partial charge in [0.2, 0.25) is 0 Å². The lowest BCUT2D eigenvalue weighted by atomic mass is 10.1. The average Bonchev–Trinajstić information content (AvgIpc) is 2.95. The topological polar surface area (TPSA) is 39.3 Å². The van der Waals surface area contributed by atoms with Crippen LogP contribution in [0, 0.1) is 20.8 Å². The monoisotopic (exact) mass is 347 g/mol. The smallest absolute Gasteiger partial charge is 0.253 e. The first kappa shape index (κ1) is 16.7. The Morgan fingerprint density at radius 1 is 0.962 bits per heavy atom. The fourth-order valence-corrected chi connectivity index (χ4v) is 3.77. The van der Waals surface area contributed by atoms with Gasteiger partial charge in [0.1, 0.15) is 0 Å². The Bertz CT molecular complexity index is 965. The Balaban J connectivity index is 1.49. The maximum absolute atomic E-state index is 13.0. The van der Waals surface area contributed by atoms with E-state index in [-0.39, 0.29) is 5.91 Å². The molecule has 0 aliphatic carbocycles. The molecule has 1 N–H and O–H groups in total. The number of hydrogen-bond acceptors (Lipinski definition) is 2. The molecular weight excluding hydrogens is 322 g/mol. The van der Waals surface area contributed by atoms with Crippen molar-refractivity contribution in [3.8, 4) is 0 Å². The van der Waals surface area contributed by atoms with E-state index >= 15 is 0 Å². The number of carbonyl (C=O) groups excluding carboxylic acids is 1. The number of amides is 1. The van der Waals surface area contributed by atoms with Crippen molar-refractivity contribution in [1.82, 2.24) is 9.88 Å². The summed E-state index contributed by atoms with van der Waals surface area (Å²) in [5.41, 5.74) is 6.78. The number of carbonyl (C=O) groups is 1. The second-order valence-corrected chi connectivity index (χ2v) is 7.25. The molecule has 4 rings (SSSR count). The lowest BCUT2D eigenvalue weighted by molar-refractivity contribution is 0.0747. The molecule has 0 unspecified atom stereocenters. The van der Waals surface area contributed by atoms with Gasteiger partial charge in [-0.25, -0.2) is 0 Å². The highest BCUT2D eigenvalue weighted by atomic mass is 16.2. The van der Waals surface area contributed by atoms with Crippen LogP contribution in [-0.4, -0.2) is 42.0 Å². The van der Waals surface area contributed by atoms with Gasteiger partial charge in [0.25, 0.3) is 5.91 Å². The fourth-order valence-electron chi connectivity index (χ4n) is 3.77. The van der Waals surface area contributed by atoms with Crippen molar-refractivity contribution in [3.05, 3.63) is 64.8 Å². The number of anilines is 1. The lowest BCUT2D eigenvalue weighted by Crippen LogP contribution is -2.48. The van der Waals surface area contributed by atoms with Gasteiger partial charge in [0.05, 0.1) is 0 Å². The van der Waals surface area contributed by atoms with Gasteiger partial charge in [0, 0.05) is 54.0 Å². The third-order valence-corrected chi connectivity index (χ3v) is 5.49. The van der Waals surface area contributed by atoms with E-state index in [9.17, 15) is 4.79 Å². The Kier molecular flexibility index (Phi) is 4.19. The van der Waals surface area contributed by atoms with Gasteiger partial charge in [-0.05, 0) is 62.2 Å². The summed E-state index contributed by atoms with van der Waals surface area (Å²) in [6.07, 6.45) is 0. The highest BCUT2D eigenvalue weighted by molar-refractivity contribution is 5.99. The molecule has 26 heavy (non-hydrogen) atoms. The number of aromatic nitrogens is 1. The average molecular weight is 347 g/mol. The van der Waals surface area contributed by atoms with Crippen molar-refractivity contribution in [3.63, 3.8) is 0 Å². The summed E-state index contributed by atoms with van der Waals surface area (Å²) in [7, 11) is 0. The van der Waals surface area contributed by atoms with E-state index in [1.807, 2.05) is 23.1 Å². The second-order valence-electron chi connectivity index (χ2n) is 7.25. The molecule has 4 heteroatoms. The first-order chi connectivity index (χ1) is 12.5. The summed E-state index contributed by atoms with van der Waals surface area (Å²) in [5, 5.41) is 1.15. The quantitative estimate of drug-likeness (QED) is 0.759. The van der Waals surface area contributed by atoms with Crippen LogP contribution < -0.4 is 4.90 Å². The van der Waals surface area contributed by atoms with Crippen LogP contribution in [0.25, 0.3) is 10.9 Å². The molecule has 1 aliphatic heterocycles. The minimum absolute atomic E-state index is 0.133. The summed E-state index contributed by atoms with van der Waals surface area (Å²) in [5.74, 6) is 0.133. The molecular formula is C22H25N3O. The molecule has 3 aromatic rings. The minimum Gasteiger partial charge on any atom is -0.368 e. The van der Waals surface area contributed by atoms with Crippen LogP contribution in [0.2, 0.25) is 0 Å². The zero-order chi connectivity index (χ0) is 18.3. The van der Waals surface area contributed by atoms with Gasteiger partial charge in [0.15, 0.2) is 0 Å². The van der Waals surface area contributed by atoms with Crippen molar-refractivity contribution in [2.45, 2.75) is 20.8 Å². The summed E-state index contributed by atoms with van der Waals surface area (Å²) in [4.78, 5) is 20.7. The van der Waals surface area contributed by atoms with Gasteiger partial charge >= 0.3 is 0 Å². The third-order valence-electron chi connectivity index (χ3n) is 5.49. The zero-order valence-electron chi connectivity index (χ0n) is 15.7. The maximum atomic E-state index is 13.0. The molecule has 0 saturated carbocycles. The van der Waals surface area contributed by atoms with Gasteiger partial charge in [-0.3, -0.25) is 4.79 Å². The second kappa shape index (κ2) is 6.52. The van der Waals surface area contributed by atoms with E-state index in [1.165, 1.54) is 16.8 Å². The number of piperazine rings is 1. The number of benzene rings is 2. The SMILES string of the molecule is Cc1cccc(N2CCN(C(=O)c3ccc4[nH]c(C)c(C)c4c3)CC2)c1. The number of aromatic amines is 1. The molecule has 2 heterocycles. The number of fused-ring (bicyclic) bond motifs is 1. The molecule has 0 atom stereocenters. The summed E-state index contributed by atoms with van der Waals surface area (Å²) < 4.78 is 0. The van der Waals surface area contributed by atoms with Crippen molar-refractivity contribution >= 4 is 22.5 Å². The highest BCUT2D eigenvalue weighted by Crippen LogP contribution is 2.24. The van der Waals surface area contributed by atoms with Gasteiger partial charge in [-0.15, -0.1) is 0 Å². The standard InChI is InChI=1S/C22H25N3O/c1-15-5-4-6-19(13-15)24-9-11-25(12-10-24)22(26)18-7-8-21-20(14-18)16(2)17(3)23-21/h4-8,13-14,23H,9-12H2,1-3H3. The van der Waals surface area contributed by atoms with E-state index in [0.29, 0.717) is 0 Å². The third kappa shape index (κ3) is 2.96. The number of rotatable bonds is 2. The Morgan fingerprint density at radius 3 is 2.46 bits per heavy atom. The highest BCUT2D eigenvalue weighted by Gasteiger charge is 2.23. The Labute approximate surface area is 154 Å². The summed E-state index contributed by atoms with van der Waals surface area (Å²) in [6, 6.07) is 14.6. The van der Waals surface area contributed by atoms with Gasteiger partial charge < -0.3 is 14.8 Å². The van der Waals surface area contributed by atoms with Crippen molar-refractivity contribution in [2.24, 2.45) is 0 Å². The molecule has 1 aromatic heterocycles. The molecule has 134 valence electrons. The molecule has 4 nitrogen and oxygen atoms in total. The minimum atomic E-state index is 0.133. The van der Waals surface area contributed by atoms with Gasteiger partial charge in [-0.2, -0.15) is 0 Å². The number of nitrogens with zero attached hydrogens (tertiary/aromatic N) is 2. The van der Waals surface area contributed by atoms with Crippen LogP contribution in [0.1, 0.15) is 27.2 Å². The van der Waals surface area contributed by atoms with E-state index < -0.39 is 0 Å². The van der Waals surface area contributed by atoms with Crippen molar-refractivity contribution < 1.29 is 4.79 Å². The van der Waals surface area contributed by atoms with Gasteiger partial charge in [-0.1, -0.05) is 12.1 Å². The molecule has 2 aromatic carbocycles. The largest absolute Gasteiger partial charge is 0.368 e. The normalized spacial score (nSPS) is 14.9. The van der Waals surface area contributed by atoms with E-state index in [2.05, 4.69) is 54.9 Å². The predicted molar refractivity (Wildman–Crippen MR) is 107 cm³/mol. The molecule has 1 saturated heterocycles. The van der Waals surface area contributed by atoms with E-state index in [4.69, 9.17) is 0 Å². The Morgan fingerprint density at radius 2 is 1.73 bits per heavy atom. The van der Waals surface area contributed by atoms with Crippen LogP contribution in [0.3, 0.4) is 0 Å². The molecule has 0 bridgehead atoms. The fraction of sp³-hybridized carbons (Fsp3) is 0.318. The maximum Gasteiger partial charge on any atom is 0.253 e. The van der Waals surface area contributed by atoms with Crippen LogP contribution in [0.4, 0.5) is 5.69 Å². The summed E-state index contributed by atoms with van der Waals surface area (Å²) >= 11 is 0. The molecule has 1 aliphatic rings. The molecule has 1 fully saturated rings. The Hall–Kier alpha value is -2.75. The first-order valence-electron chi connectivity index (χ1n) is 9.23.